The van der Waals surface area contributed by atoms with E-state index >= 15 is 0 Å². The van der Waals surface area contributed by atoms with E-state index in [9.17, 15) is 21.9 Å². The van der Waals surface area contributed by atoms with Crippen molar-refractivity contribution in [3.63, 3.8) is 0 Å². The molecular formula is C19H26N2O6S2. The van der Waals surface area contributed by atoms with Crippen molar-refractivity contribution in [2.45, 2.75) is 54.0 Å². The normalized spacial score (nSPS) is 23.2. The molecule has 2 heterocycles. The summed E-state index contributed by atoms with van der Waals surface area (Å²) in [6, 6.07) is 8.21. The molecular weight excluding hydrogens is 416 g/mol. The zero-order valence-electron chi connectivity index (χ0n) is 16.7. The highest BCUT2D eigenvalue weighted by Gasteiger charge is 2.46. The third-order valence-electron chi connectivity index (χ3n) is 5.33. The van der Waals surface area contributed by atoms with E-state index in [1.54, 1.807) is 25.1 Å². The fourth-order valence-electron chi connectivity index (χ4n) is 3.59. The molecule has 2 aromatic rings. The number of aryl methyl sites for hydroxylation is 1. The highest BCUT2D eigenvalue weighted by Crippen LogP contribution is 2.42. The first kappa shape index (κ1) is 21.9. The second-order valence-electron chi connectivity index (χ2n) is 7.71. The molecule has 10 heteroatoms. The van der Waals surface area contributed by atoms with Gasteiger partial charge in [-0.3, -0.25) is 4.68 Å². The Morgan fingerprint density at radius 2 is 2.00 bits per heavy atom. The van der Waals surface area contributed by atoms with E-state index < -0.39 is 30.5 Å². The Kier molecular flexibility index (Phi) is 5.92. The molecule has 1 aliphatic rings. The van der Waals surface area contributed by atoms with Crippen molar-refractivity contribution in [1.29, 1.82) is 0 Å². The monoisotopic (exact) mass is 442 g/mol. The van der Waals surface area contributed by atoms with Crippen LogP contribution in [0.2, 0.25) is 0 Å². The predicted molar refractivity (Wildman–Crippen MR) is 107 cm³/mol. The molecule has 8 nitrogen and oxygen atoms in total. The molecule has 1 aliphatic heterocycles. The van der Waals surface area contributed by atoms with Gasteiger partial charge in [-0.2, -0.15) is 5.10 Å². The van der Waals surface area contributed by atoms with Crippen molar-refractivity contribution >= 4 is 19.7 Å². The van der Waals surface area contributed by atoms with Gasteiger partial charge in [-0.05, 0) is 44.4 Å². The maximum atomic E-state index is 13.4. The van der Waals surface area contributed by atoms with Gasteiger partial charge in [0.15, 0.2) is 24.7 Å². The van der Waals surface area contributed by atoms with E-state index in [4.69, 9.17) is 4.74 Å². The van der Waals surface area contributed by atoms with E-state index in [0.717, 1.165) is 11.8 Å². The van der Waals surface area contributed by atoms with Gasteiger partial charge >= 0.3 is 0 Å². The Morgan fingerprint density at radius 3 is 2.62 bits per heavy atom. The number of aromatic nitrogens is 2. The summed E-state index contributed by atoms with van der Waals surface area (Å²) in [7, 11) is -7.20. The first-order valence-corrected chi connectivity index (χ1v) is 12.7. The molecule has 1 aromatic carbocycles. The smallest absolute Gasteiger partial charge is 0.194 e. The minimum Gasteiger partial charge on any atom is -0.394 e. The van der Waals surface area contributed by atoms with Crippen LogP contribution in [0.5, 0.6) is 0 Å². The Hall–Kier alpha value is -1.75. The number of rotatable bonds is 6. The van der Waals surface area contributed by atoms with Gasteiger partial charge in [0.25, 0.3) is 0 Å². The summed E-state index contributed by atoms with van der Waals surface area (Å²) < 4.78 is 56.8. The molecule has 29 heavy (non-hydrogen) atoms. The van der Waals surface area contributed by atoms with Crippen LogP contribution in [-0.4, -0.2) is 55.9 Å². The predicted octanol–water partition coefficient (Wildman–Crippen LogP) is 1.67. The van der Waals surface area contributed by atoms with Crippen molar-refractivity contribution < 1.29 is 26.7 Å². The Morgan fingerprint density at radius 1 is 1.28 bits per heavy atom. The third kappa shape index (κ3) is 4.25. The Labute approximate surface area is 171 Å². The maximum Gasteiger partial charge on any atom is 0.194 e. The molecule has 3 rings (SSSR count). The fraction of sp³-hybridized carbons (Fsp3) is 0.526. The van der Waals surface area contributed by atoms with Crippen LogP contribution in [0, 0.1) is 6.92 Å². The van der Waals surface area contributed by atoms with Gasteiger partial charge in [-0.25, -0.2) is 16.8 Å². The van der Waals surface area contributed by atoms with E-state index in [1.807, 2.05) is 13.0 Å². The van der Waals surface area contributed by atoms with Crippen molar-refractivity contribution in [1.82, 2.24) is 9.78 Å². The topological polar surface area (TPSA) is 116 Å². The fourth-order valence-corrected chi connectivity index (χ4v) is 6.06. The lowest BCUT2D eigenvalue weighted by atomic mass is 9.95. The van der Waals surface area contributed by atoms with Gasteiger partial charge in [-0.15, -0.1) is 0 Å². The van der Waals surface area contributed by atoms with Gasteiger partial charge in [-0.1, -0.05) is 12.1 Å². The molecule has 1 N–H and O–H groups in total. The summed E-state index contributed by atoms with van der Waals surface area (Å²) in [5.41, 5.74) is 1.31. The zero-order valence-corrected chi connectivity index (χ0v) is 18.3. The lowest BCUT2D eigenvalue weighted by Crippen LogP contribution is -2.42. The van der Waals surface area contributed by atoms with Crippen LogP contribution in [0.1, 0.15) is 37.1 Å². The number of nitrogens with zero attached hydrogens (tertiary/aromatic N) is 2. The van der Waals surface area contributed by atoms with Crippen LogP contribution in [0.4, 0.5) is 0 Å². The number of hydrogen-bond donors (Lipinski definition) is 1. The molecule has 2 unspecified atom stereocenters. The molecule has 0 saturated carbocycles. The van der Waals surface area contributed by atoms with E-state index in [2.05, 4.69) is 5.10 Å². The molecule has 1 fully saturated rings. The van der Waals surface area contributed by atoms with Gasteiger partial charge < -0.3 is 9.84 Å². The zero-order chi connectivity index (χ0) is 21.4. The second kappa shape index (κ2) is 7.82. The summed E-state index contributed by atoms with van der Waals surface area (Å²) in [4.78, 5) is 0.265. The number of sulfone groups is 2. The van der Waals surface area contributed by atoms with Crippen LogP contribution in [0.15, 0.2) is 40.3 Å². The maximum absolute atomic E-state index is 13.4. The number of aliphatic hydroxyl groups excluding tert-OH is 1. The van der Waals surface area contributed by atoms with E-state index in [-0.39, 0.29) is 36.1 Å². The Bertz CT molecular complexity index is 1110. The SMILES string of the molecule is Cc1cccc(S(=O)(=O)C2(C)CCOC(c3cc(S(C)(=O)=O)nn3CCO)C2)c1. The molecule has 0 spiro atoms. The van der Waals surface area contributed by atoms with E-state index in [1.165, 1.54) is 10.7 Å². The molecule has 2 atom stereocenters. The highest BCUT2D eigenvalue weighted by molar-refractivity contribution is 7.92. The average molecular weight is 443 g/mol. The van der Waals surface area contributed by atoms with E-state index in [0.29, 0.717) is 12.1 Å². The van der Waals surface area contributed by atoms with Crippen molar-refractivity contribution in [3.8, 4) is 0 Å². The summed E-state index contributed by atoms with van der Waals surface area (Å²) in [5, 5.41) is 13.3. The van der Waals surface area contributed by atoms with Crippen LogP contribution in [0.25, 0.3) is 0 Å². The molecule has 1 aromatic heterocycles. The van der Waals surface area contributed by atoms with Crippen molar-refractivity contribution in [2.24, 2.45) is 0 Å². The van der Waals surface area contributed by atoms with Gasteiger partial charge in [0, 0.05) is 18.9 Å². The quantitative estimate of drug-likeness (QED) is 0.723. The number of hydrogen-bond acceptors (Lipinski definition) is 7. The molecule has 0 bridgehead atoms. The number of aliphatic hydroxyl groups is 1. The number of benzene rings is 1. The van der Waals surface area contributed by atoms with Gasteiger partial charge in [0.2, 0.25) is 0 Å². The molecule has 0 radical (unpaired) electrons. The summed E-state index contributed by atoms with van der Waals surface area (Å²) >= 11 is 0. The average Bonchev–Trinajstić information content (AvgIpc) is 3.06. The van der Waals surface area contributed by atoms with Gasteiger partial charge in [0.1, 0.15) is 6.10 Å². The molecule has 160 valence electrons. The second-order valence-corrected chi connectivity index (χ2v) is 12.1. The van der Waals surface area contributed by atoms with Crippen LogP contribution in [-0.2, 0) is 31.0 Å². The first-order valence-electron chi connectivity index (χ1n) is 9.29. The summed E-state index contributed by atoms with van der Waals surface area (Å²) in [6.45, 7) is 3.61. The first-order chi connectivity index (χ1) is 13.5. The van der Waals surface area contributed by atoms with Gasteiger partial charge in [0.05, 0.1) is 28.5 Å². The minimum absolute atomic E-state index is 0.0893. The van der Waals surface area contributed by atoms with Crippen molar-refractivity contribution in [2.75, 3.05) is 19.5 Å². The standard InChI is InChI=1S/C19H26N2O6S2/c1-14-5-4-6-15(11-14)29(25,26)19(2)7-10-27-17(13-19)16-12-18(28(3,23)24)20-21(16)8-9-22/h4-6,11-12,17,22H,7-10,13H2,1-3H3. The molecule has 0 amide bonds. The lowest BCUT2D eigenvalue weighted by Gasteiger charge is -2.37. The third-order valence-corrected chi connectivity index (χ3v) is 8.83. The summed E-state index contributed by atoms with van der Waals surface area (Å²) in [6.07, 6.45) is 0.884. The largest absolute Gasteiger partial charge is 0.394 e. The highest BCUT2D eigenvalue weighted by atomic mass is 32.2. The Balaban J connectivity index is 2.00. The number of ether oxygens (including phenoxy) is 1. The van der Waals surface area contributed by atoms with Crippen LogP contribution >= 0.6 is 0 Å². The molecule has 1 saturated heterocycles. The molecule has 0 aliphatic carbocycles. The van der Waals surface area contributed by atoms with Crippen molar-refractivity contribution in [3.05, 3.63) is 41.6 Å². The lowest BCUT2D eigenvalue weighted by molar-refractivity contribution is -0.00518. The van der Waals surface area contributed by atoms with Crippen LogP contribution < -0.4 is 0 Å². The van der Waals surface area contributed by atoms with Crippen LogP contribution in [0.3, 0.4) is 0 Å². The summed E-state index contributed by atoms with van der Waals surface area (Å²) in [5.74, 6) is 0. The minimum atomic E-state index is -3.65.